The van der Waals surface area contributed by atoms with Crippen molar-refractivity contribution in [1.82, 2.24) is 0 Å². The molecule has 1 saturated carbocycles. The van der Waals surface area contributed by atoms with Gasteiger partial charge in [0.25, 0.3) is 0 Å². The monoisotopic (exact) mass is 363 g/mol. The summed E-state index contributed by atoms with van der Waals surface area (Å²) < 4.78 is 1.18. The molecule has 0 spiro atoms. The molecule has 0 saturated heterocycles. The van der Waals surface area contributed by atoms with E-state index in [1.807, 2.05) is 6.07 Å². The maximum absolute atomic E-state index is 6.25. The van der Waals surface area contributed by atoms with Crippen molar-refractivity contribution in [3.8, 4) is 0 Å². The van der Waals surface area contributed by atoms with E-state index in [-0.39, 0.29) is 0 Å². The highest BCUT2D eigenvalue weighted by molar-refractivity contribution is 14.1. The Kier molecular flexibility index (Phi) is 4.97. The van der Waals surface area contributed by atoms with E-state index in [1.165, 1.54) is 35.7 Å². The topological polar surface area (TPSA) is 12.0 Å². The molecule has 1 atom stereocenters. The summed E-state index contributed by atoms with van der Waals surface area (Å²) in [6.07, 6.45) is 6.90. The Morgan fingerprint density at radius 1 is 1.29 bits per heavy atom. The van der Waals surface area contributed by atoms with E-state index in [2.05, 4.69) is 47.0 Å². The quantitative estimate of drug-likeness (QED) is 0.716. The lowest BCUT2D eigenvalue weighted by Crippen LogP contribution is -2.27. The summed E-state index contributed by atoms with van der Waals surface area (Å²) in [6, 6.07) is 6.72. The second kappa shape index (κ2) is 6.28. The number of benzene rings is 1. The van der Waals surface area contributed by atoms with Crippen LogP contribution in [0.1, 0.15) is 39.0 Å². The molecular weight excluding hydrogens is 345 g/mol. The Labute approximate surface area is 122 Å². The van der Waals surface area contributed by atoms with Crippen LogP contribution in [0.2, 0.25) is 5.02 Å². The highest BCUT2D eigenvalue weighted by atomic mass is 127. The van der Waals surface area contributed by atoms with Gasteiger partial charge in [-0.3, -0.25) is 0 Å². The molecule has 1 aliphatic rings. The van der Waals surface area contributed by atoms with Gasteiger partial charge < -0.3 is 5.32 Å². The molecule has 0 amide bonds. The van der Waals surface area contributed by atoms with Gasteiger partial charge in [-0.25, -0.2) is 0 Å². The smallest absolute Gasteiger partial charge is 0.0648 e. The van der Waals surface area contributed by atoms with E-state index in [0.717, 1.165) is 16.6 Å². The van der Waals surface area contributed by atoms with Crippen molar-refractivity contribution in [2.24, 2.45) is 5.92 Å². The second-order valence-corrected chi connectivity index (χ2v) is 6.61. The van der Waals surface area contributed by atoms with Crippen molar-refractivity contribution in [2.45, 2.75) is 45.1 Å². The highest BCUT2D eigenvalue weighted by Gasteiger charge is 2.20. The Hall–Kier alpha value is 0.0400. The van der Waals surface area contributed by atoms with Crippen molar-refractivity contribution in [3.05, 3.63) is 26.8 Å². The van der Waals surface area contributed by atoms with Gasteiger partial charge in [0.05, 0.1) is 10.7 Å². The number of rotatable bonds is 3. The molecule has 1 aromatic rings. The molecule has 0 aromatic heterocycles. The van der Waals surface area contributed by atoms with Gasteiger partial charge >= 0.3 is 0 Å². The molecule has 2 rings (SSSR count). The van der Waals surface area contributed by atoms with Crippen molar-refractivity contribution in [3.63, 3.8) is 0 Å². The van der Waals surface area contributed by atoms with E-state index in [1.54, 1.807) is 0 Å². The molecule has 0 radical (unpaired) electrons. The Balaban J connectivity index is 1.99. The third kappa shape index (κ3) is 3.75. The summed E-state index contributed by atoms with van der Waals surface area (Å²) in [5, 5.41) is 4.40. The number of hydrogen-bond acceptors (Lipinski definition) is 1. The molecular formula is C14H19ClIN. The van der Waals surface area contributed by atoms with Crippen molar-refractivity contribution in [2.75, 3.05) is 5.32 Å². The molecule has 1 aromatic carbocycles. The number of anilines is 1. The zero-order valence-corrected chi connectivity index (χ0v) is 13.1. The number of halogens is 2. The van der Waals surface area contributed by atoms with Gasteiger partial charge in [0.1, 0.15) is 0 Å². The summed E-state index contributed by atoms with van der Waals surface area (Å²) in [5.41, 5.74) is 1.07. The molecule has 94 valence electrons. The second-order valence-electron chi connectivity index (χ2n) is 4.96. The average Bonchev–Trinajstić information content (AvgIpc) is 2.34. The minimum atomic E-state index is 0.521. The third-order valence-electron chi connectivity index (χ3n) is 3.67. The first-order chi connectivity index (χ1) is 8.16. The van der Waals surface area contributed by atoms with Crippen LogP contribution in [0, 0.1) is 9.49 Å². The van der Waals surface area contributed by atoms with Crippen LogP contribution in [0.3, 0.4) is 0 Å². The third-order valence-corrected chi connectivity index (χ3v) is 4.65. The molecule has 1 aliphatic carbocycles. The van der Waals surface area contributed by atoms with Crippen LogP contribution < -0.4 is 5.32 Å². The normalized spacial score (nSPS) is 19.0. The predicted octanol–water partition coefficient (Wildman–Crippen LogP) is 5.33. The van der Waals surface area contributed by atoms with Gasteiger partial charge in [0.2, 0.25) is 0 Å². The van der Waals surface area contributed by atoms with E-state index in [4.69, 9.17) is 11.6 Å². The van der Waals surface area contributed by atoms with E-state index >= 15 is 0 Å². The molecule has 3 heteroatoms. The fraction of sp³-hybridized carbons (Fsp3) is 0.571. The molecule has 1 nitrogen and oxygen atoms in total. The Bertz CT molecular complexity index is 374. The fourth-order valence-corrected chi connectivity index (χ4v) is 3.51. The summed E-state index contributed by atoms with van der Waals surface area (Å²) in [5.74, 6) is 0.805. The van der Waals surface area contributed by atoms with E-state index in [9.17, 15) is 0 Å². The van der Waals surface area contributed by atoms with Crippen LogP contribution >= 0.6 is 34.2 Å². The summed E-state index contributed by atoms with van der Waals surface area (Å²) in [6.45, 7) is 2.28. The van der Waals surface area contributed by atoms with Crippen molar-refractivity contribution >= 4 is 39.9 Å². The predicted molar refractivity (Wildman–Crippen MR) is 83.8 cm³/mol. The summed E-state index contributed by atoms with van der Waals surface area (Å²) >= 11 is 8.53. The Morgan fingerprint density at radius 3 is 2.65 bits per heavy atom. The van der Waals surface area contributed by atoms with Gasteiger partial charge in [-0.05, 0) is 66.5 Å². The molecule has 1 N–H and O–H groups in total. The number of hydrogen-bond donors (Lipinski definition) is 1. The lowest BCUT2D eigenvalue weighted by Gasteiger charge is -2.29. The van der Waals surface area contributed by atoms with E-state index in [0.29, 0.717) is 6.04 Å². The molecule has 1 unspecified atom stereocenters. The van der Waals surface area contributed by atoms with E-state index < -0.39 is 0 Å². The molecule has 17 heavy (non-hydrogen) atoms. The average molecular weight is 364 g/mol. The van der Waals surface area contributed by atoms with Gasteiger partial charge in [-0.15, -0.1) is 0 Å². The first-order valence-corrected chi connectivity index (χ1v) is 7.84. The van der Waals surface area contributed by atoms with Crippen LogP contribution in [0.15, 0.2) is 18.2 Å². The van der Waals surface area contributed by atoms with Gasteiger partial charge in [-0.1, -0.05) is 30.9 Å². The zero-order valence-electron chi connectivity index (χ0n) is 10.2. The van der Waals surface area contributed by atoms with Gasteiger partial charge in [-0.2, -0.15) is 0 Å². The first kappa shape index (κ1) is 13.5. The SMILES string of the molecule is CC(Nc1ccc(I)cc1Cl)C1CCCCC1. The van der Waals surface area contributed by atoms with Crippen LogP contribution in [0.25, 0.3) is 0 Å². The lowest BCUT2D eigenvalue weighted by atomic mass is 9.84. The molecule has 0 heterocycles. The minimum Gasteiger partial charge on any atom is -0.381 e. The maximum Gasteiger partial charge on any atom is 0.0648 e. The molecule has 0 bridgehead atoms. The first-order valence-electron chi connectivity index (χ1n) is 6.38. The zero-order chi connectivity index (χ0) is 12.3. The molecule has 1 fully saturated rings. The van der Waals surface area contributed by atoms with Crippen molar-refractivity contribution in [1.29, 1.82) is 0 Å². The summed E-state index contributed by atoms with van der Waals surface area (Å²) in [4.78, 5) is 0. The van der Waals surface area contributed by atoms with Gasteiger partial charge in [0.15, 0.2) is 0 Å². The minimum absolute atomic E-state index is 0.521. The number of nitrogens with one attached hydrogen (secondary N) is 1. The maximum atomic E-state index is 6.25. The van der Waals surface area contributed by atoms with Crippen LogP contribution in [0.5, 0.6) is 0 Å². The van der Waals surface area contributed by atoms with Crippen LogP contribution in [-0.2, 0) is 0 Å². The summed E-state index contributed by atoms with van der Waals surface area (Å²) in [7, 11) is 0. The fourth-order valence-electron chi connectivity index (χ4n) is 2.60. The van der Waals surface area contributed by atoms with Crippen molar-refractivity contribution < 1.29 is 0 Å². The largest absolute Gasteiger partial charge is 0.381 e. The lowest BCUT2D eigenvalue weighted by molar-refractivity contribution is 0.328. The van der Waals surface area contributed by atoms with Gasteiger partial charge in [0, 0.05) is 9.61 Å². The molecule has 0 aliphatic heterocycles. The highest BCUT2D eigenvalue weighted by Crippen LogP contribution is 2.30. The Morgan fingerprint density at radius 2 is 2.00 bits per heavy atom. The van der Waals surface area contributed by atoms with Crippen LogP contribution in [-0.4, -0.2) is 6.04 Å². The standard InChI is InChI=1S/C14H19ClIN/c1-10(11-5-3-2-4-6-11)17-14-8-7-12(16)9-13(14)15/h7-11,17H,2-6H2,1H3. The van der Waals surface area contributed by atoms with Crippen LogP contribution in [0.4, 0.5) is 5.69 Å².